The molecule has 0 bridgehead atoms. The van der Waals surface area contributed by atoms with Crippen LogP contribution in [-0.2, 0) is 14.3 Å². The van der Waals surface area contributed by atoms with Crippen LogP contribution in [0.1, 0.15) is 39.4 Å². The van der Waals surface area contributed by atoms with Crippen LogP contribution in [0.2, 0.25) is 0 Å². The van der Waals surface area contributed by atoms with E-state index in [-0.39, 0.29) is 11.8 Å². The summed E-state index contributed by atoms with van der Waals surface area (Å²) in [4.78, 5) is 38.3. The van der Waals surface area contributed by atoms with Crippen molar-refractivity contribution >= 4 is 29.6 Å². The Kier molecular flexibility index (Phi) is 5.27. The van der Waals surface area contributed by atoms with E-state index < -0.39 is 18.2 Å². The Morgan fingerprint density at radius 2 is 1.81 bits per heavy atom. The van der Waals surface area contributed by atoms with Gasteiger partial charge >= 0.3 is 11.9 Å². The third kappa shape index (κ3) is 3.43. The van der Waals surface area contributed by atoms with Crippen molar-refractivity contribution in [2.24, 2.45) is 0 Å². The van der Waals surface area contributed by atoms with Crippen LogP contribution in [0.15, 0.2) is 53.4 Å². The Morgan fingerprint density at radius 3 is 2.54 bits per heavy atom. The predicted molar refractivity (Wildman–Crippen MR) is 95.6 cm³/mol. The van der Waals surface area contributed by atoms with Crippen molar-refractivity contribution in [2.75, 3.05) is 13.0 Å². The van der Waals surface area contributed by atoms with Gasteiger partial charge in [-0.25, -0.2) is 4.79 Å². The minimum atomic E-state index is -0.769. The Bertz CT molecular complexity index is 867. The summed E-state index contributed by atoms with van der Waals surface area (Å²) in [6.07, 6.45) is -0.769. The number of thioether (sulfide) groups is 1. The van der Waals surface area contributed by atoms with Gasteiger partial charge in [0.2, 0.25) is 6.23 Å². The molecule has 0 aliphatic carbocycles. The van der Waals surface area contributed by atoms with Crippen molar-refractivity contribution in [1.29, 1.82) is 0 Å². The normalized spacial score (nSPS) is 15.5. The Hall–Kier alpha value is -2.80. The number of ether oxygens (including phenoxy) is 2. The molecule has 0 spiro atoms. The molecule has 0 saturated heterocycles. The molecule has 2 aromatic carbocycles. The van der Waals surface area contributed by atoms with Crippen LogP contribution >= 0.6 is 11.8 Å². The fourth-order valence-corrected chi connectivity index (χ4v) is 3.77. The van der Waals surface area contributed by atoms with Crippen LogP contribution in [0.25, 0.3) is 0 Å². The molecular weight excluding hydrogens is 354 g/mol. The molecule has 0 fully saturated rings. The minimum absolute atomic E-state index is 0.213. The van der Waals surface area contributed by atoms with E-state index in [0.29, 0.717) is 21.6 Å². The van der Waals surface area contributed by atoms with Crippen molar-refractivity contribution in [1.82, 2.24) is 4.90 Å². The fourth-order valence-electron chi connectivity index (χ4n) is 2.76. The molecule has 1 unspecified atom stereocenters. The van der Waals surface area contributed by atoms with Gasteiger partial charge in [-0.05, 0) is 18.2 Å². The fraction of sp³-hybridized carbons (Fsp3) is 0.211. The first-order chi connectivity index (χ1) is 12.5. The van der Waals surface area contributed by atoms with Gasteiger partial charge < -0.3 is 9.47 Å². The highest BCUT2D eigenvalue weighted by Gasteiger charge is 2.38. The van der Waals surface area contributed by atoms with Crippen LogP contribution < -0.4 is 0 Å². The highest BCUT2D eigenvalue weighted by Crippen LogP contribution is 2.37. The zero-order chi connectivity index (χ0) is 18.7. The Labute approximate surface area is 155 Å². The molecule has 6 nitrogen and oxygen atoms in total. The maximum absolute atomic E-state index is 12.7. The van der Waals surface area contributed by atoms with Crippen molar-refractivity contribution in [3.63, 3.8) is 0 Å². The molecule has 1 aliphatic rings. The Morgan fingerprint density at radius 1 is 1.12 bits per heavy atom. The molecule has 2 aromatic rings. The molecule has 1 heterocycles. The second-order valence-electron chi connectivity index (χ2n) is 5.59. The molecule has 0 saturated carbocycles. The number of carbonyl (C=O) groups is 3. The number of benzene rings is 2. The van der Waals surface area contributed by atoms with Gasteiger partial charge in [0.1, 0.15) is 0 Å². The molecule has 134 valence electrons. The zero-order valence-corrected chi connectivity index (χ0v) is 15.1. The summed E-state index contributed by atoms with van der Waals surface area (Å²) in [5, 5.41) is 0. The molecule has 7 heteroatoms. The summed E-state index contributed by atoms with van der Waals surface area (Å²) in [7, 11) is 1.32. The first-order valence-electron chi connectivity index (χ1n) is 7.90. The van der Waals surface area contributed by atoms with Crippen molar-refractivity contribution in [3.8, 4) is 0 Å². The number of nitrogens with zero attached hydrogens (tertiary/aromatic N) is 1. The summed E-state index contributed by atoms with van der Waals surface area (Å²) >= 11 is 1.31. The van der Waals surface area contributed by atoms with Gasteiger partial charge in [-0.3, -0.25) is 14.5 Å². The van der Waals surface area contributed by atoms with E-state index in [9.17, 15) is 14.4 Å². The van der Waals surface area contributed by atoms with Crippen molar-refractivity contribution < 1.29 is 23.9 Å². The third-order valence-corrected chi connectivity index (χ3v) is 5.00. The largest absolute Gasteiger partial charge is 0.465 e. The van der Waals surface area contributed by atoms with Crippen LogP contribution in [0.5, 0.6) is 0 Å². The molecule has 0 aromatic heterocycles. The Balaban J connectivity index is 1.84. The maximum atomic E-state index is 12.7. The number of rotatable bonds is 5. The predicted octanol–water partition coefficient (Wildman–Crippen LogP) is 3.24. The van der Waals surface area contributed by atoms with Crippen LogP contribution in [0.4, 0.5) is 0 Å². The molecule has 3 rings (SSSR count). The van der Waals surface area contributed by atoms with Gasteiger partial charge in [0.15, 0.2) is 0 Å². The number of hydrogen-bond acceptors (Lipinski definition) is 6. The number of amides is 1. The lowest BCUT2D eigenvalue weighted by Gasteiger charge is -2.24. The molecule has 0 N–H and O–H groups in total. The molecule has 1 aliphatic heterocycles. The van der Waals surface area contributed by atoms with Gasteiger partial charge in [0.25, 0.3) is 5.91 Å². The van der Waals surface area contributed by atoms with Crippen LogP contribution in [0, 0.1) is 0 Å². The van der Waals surface area contributed by atoms with E-state index in [1.165, 1.54) is 30.7 Å². The summed E-state index contributed by atoms with van der Waals surface area (Å²) in [5.74, 6) is -0.903. The highest BCUT2D eigenvalue weighted by molar-refractivity contribution is 7.99. The monoisotopic (exact) mass is 371 g/mol. The smallest absolute Gasteiger partial charge is 0.338 e. The number of carbonyl (C=O) groups excluding carboxylic acids is 3. The van der Waals surface area contributed by atoms with Gasteiger partial charge in [0.05, 0.1) is 18.6 Å². The molecule has 0 radical (unpaired) electrons. The SMILES string of the molecule is COC(=O)c1ccccc1SCN1C(=O)c2ccccc2C1OC(C)=O. The van der Waals surface area contributed by atoms with Crippen molar-refractivity contribution in [2.45, 2.75) is 18.0 Å². The van der Waals surface area contributed by atoms with E-state index >= 15 is 0 Å². The van der Waals surface area contributed by atoms with E-state index in [1.807, 2.05) is 0 Å². The summed E-state index contributed by atoms with van der Waals surface area (Å²) < 4.78 is 10.2. The number of methoxy groups -OCH3 is 1. The van der Waals surface area contributed by atoms with Gasteiger partial charge in [-0.15, -0.1) is 11.8 Å². The van der Waals surface area contributed by atoms with Gasteiger partial charge in [-0.1, -0.05) is 30.3 Å². The summed E-state index contributed by atoms with van der Waals surface area (Å²) in [6, 6.07) is 14.0. The zero-order valence-electron chi connectivity index (χ0n) is 14.3. The molecule has 1 amide bonds. The first kappa shape index (κ1) is 18.0. The highest BCUT2D eigenvalue weighted by atomic mass is 32.2. The number of fused-ring (bicyclic) bond motifs is 1. The average molecular weight is 371 g/mol. The lowest BCUT2D eigenvalue weighted by atomic mass is 10.1. The third-order valence-electron chi connectivity index (χ3n) is 3.93. The molecule has 1 atom stereocenters. The lowest BCUT2D eigenvalue weighted by Crippen LogP contribution is -2.30. The van der Waals surface area contributed by atoms with E-state index in [2.05, 4.69) is 0 Å². The second kappa shape index (κ2) is 7.61. The topological polar surface area (TPSA) is 72.9 Å². The summed E-state index contributed by atoms with van der Waals surface area (Å²) in [5.41, 5.74) is 1.60. The first-order valence-corrected chi connectivity index (χ1v) is 8.88. The molecular formula is C19H17NO5S. The van der Waals surface area contributed by atoms with E-state index in [0.717, 1.165) is 0 Å². The average Bonchev–Trinajstić information content (AvgIpc) is 2.91. The second-order valence-corrected chi connectivity index (χ2v) is 6.57. The van der Waals surface area contributed by atoms with E-state index in [4.69, 9.17) is 9.47 Å². The van der Waals surface area contributed by atoms with Gasteiger partial charge in [-0.2, -0.15) is 0 Å². The van der Waals surface area contributed by atoms with Crippen molar-refractivity contribution in [3.05, 3.63) is 65.2 Å². The summed E-state index contributed by atoms with van der Waals surface area (Å²) in [6.45, 7) is 1.31. The standard InChI is InChI=1S/C19H17NO5S/c1-12(21)25-18-14-8-4-3-7-13(14)17(22)20(18)11-26-16-10-6-5-9-15(16)19(23)24-2/h3-10,18H,11H2,1-2H3. The minimum Gasteiger partial charge on any atom is -0.465 e. The van der Waals surface area contributed by atoms with Crippen LogP contribution in [-0.4, -0.2) is 35.7 Å². The van der Waals surface area contributed by atoms with Gasteiger partial charge in [0, 0.05) is 22.9 Å². The lowest BCUT2D eigenvalue weighted by molar-refractivity contribution is -0.153. The van der Waals surface area contributed by atoms with E-state index in [1.54, 1.807) is 48.5 Å². The number of esters is 2. The maximum Gasteiger partial charge on any atom is 0.338 e. The number of hydrogen-bond donors (Lipinski definition) is 0. The molecule has 26 heavy (non-hydrogen) atoms. The quantitative estimate of drug-likeness (QED) is 0.593. The van der Waals surface area contributed by atoms with Crippen LogP contribution in [0.3, 0.4) is 0 Å².